The number of hydroxylamine groups is 1. The molecule has 2 aromatic carbocycles. The van der Waals surface area contributed by atoms with Crippen molar-refractivity contribution in [1.29, 1.82) is 0 Å². The molecule has 8 nitrogen and oxygen atoms in total. The molecule has 2 aromatic rings. The van der Waals surface area contributed by atoms with Gasteiger partial charge in [-0.3, -0.25) is 9.59 Å². The summed E-state index contributed by atoms with van der Waals surface area (Å²) in [7, 11) is -3.85. The Bertz CT molecular complexity index is 1010. The lowest BCUT2D eigenvalue weighted by molar-refractivity contribution is -0.201. The van der Waals surface area contributed by atoms with Gasteiger partial charge < -0.3 is 10.1 Å². The van der Waals surface area contributed by atoms with Crippen LogP contribution in [0.3, 0.4) is 0 Å². The monoisotopic (exact) mass is 478 g/mol. The normalized spacial score (nSPS) is 17.3. The third-order valence-corrected chi connectivity index (χ3v) is 7.45. The Morgan fingerprint density at radius 1 is 1.09 bits per heavy atom. The Morgan fingerprint density at radius 2 is 1.78 bits per heavy atom. The van der Waals surface area contributed by atoms with Crippen molar-refractivity contribution < 1.29 is 27.6 Å². The van der Waals surface area contributed by atoms with Gasteiger partial charge in [0.25, 0.3) is 5.91 Å². The highest BCUT2D eigenvalue weighted by Crippen LogP contribution is 2.28. The largest absolute Gasteiger partial charge is 0.350 e. The van der Waals surface area contributed by atoms with Gasteiger partial charge in [-0.15, -0.1) is 0 Å². The number of ether oxygens (including phenoxy) is 1. The highest BCUT2D eigenvalue weighted by atomic mass is 32.2. The zero-order chi connectivity index (χ0) is 23.0. The Balaban J connectivity index is 1.64. The van der Waals surface area contributed by atoms with Crippen molar-refractivity contribution in [2.24, 2.45) is 0 Å². The molecule has 1 fully saturated rings. The van der Waals surface area contributed by atoms with Crippen LogP contribution in [-0.4, -0.2) is 44.9 Å². The average Bonchev–Trinajstić information content (AvgIpc) is 2.78. The van der Waals surface area contributed by atoms with Crippen LogP contribution in [0.1, 0.15) is 26.2 Å². The summed E-state index contributed by atoms with van der Waals surface area (Å²) in [5.74, 6) is -1.88. The number of amides is 2. The lowest BCUT2D eigenvalue weighted by atomic mass is 10.2. The van der Waals surface area contributed by atoms with Gasteiger partial charge in [0.15, 0.2) is 16.1 Å². The zero-order valence-corrected chi connectivity index (χ0v) is 19.3. The Kier molecular flexibility index (Phi) is 8.68. The number of carbonyl (C=O) groups excluding carboxylic acids is 2. The van der Waals surface area contributed by atoms with Crippen LogP contribution in [-0.2, 0) is 29.0 Å². The van der Waals surface area contributed by atoms with E-state index >= 15 is 0 Å². The summed E-state index contributed by atoms with van der Waals surface area (Å²) in [6.07, 6.45) is 1.86. The molecule has 0 radical (unpaired) electrons. The lowest BCUT2D eigenvalue weighted by Crippen LogP contribution is -2.50. The fourth-order valence-electron chi connectivity index (χ4n) is 3.08. The summed E-state index contributed by atoms with van der Waals surface area (Å²) in [5, 5.41) is 2.38. The summed E-state index contributed by atoms with van der Waals surface area (Å²) >= 11 is 1.51. The number of hydrogen-bond acceptors (Lipinski definition) is 7. The van der Waals surface area contributed by atoms with E-state index in [1.54, 1.807) is 12.1 Å². The molecular weight excluding hydrogens is 452 g/mol. The van der Waals surface area contributed by atoms with Crippen molar-refractivity contribution in [2.45, 2.75) is 53.2 Å². The standard InChI is InChI=1S/C22H26N2O6S2/c1-16(25)23-20(22(26)24-30-21-9-5-6-14-29-21)15-32(27,28)19-12-10-18(11-13-19)31-17-7-3-2-4-8-17/h2-4,7-8,10-13,20-21H,5-6,9,14-15H2,1H3,(H,23,25)(H,24,26). The van der Waals surface area contributed by atoms with Gasteiger partial charge in [0.05, 0.1) is 10.6 Å². The predicted molar refractivity (Wildman–Crippen MR) is 119 cm³/mol. The van der Waals surface area contributed by atoms with Gasteiger partial charge in [-0.05, 0) is 49.2 Å². The second kappa shape index (κ2) is 11.5. The van der Waals surface area contributed by atoms with Crippen molar-refractivity contribution in [1.82, 2.24) is 10.8 Å². The van der Waals surface area contributed by atoms with E-state index in [2.05, 4.69) is 10.8 Å². The summed E-state index contributed by atoms with van der Waals surface area (Å²) in [5.41, 5.74) is 2.22. The van der Waals surface area contributed by atoms with Crippen molar-refractivity contribution in [3.63, 3.8) is 0 Å². The molecule has 172 valence electrons. The first-order chi connectivity index (χ1) is 15.3. The van der Waals surface area contributed by atoms with Gasteiger partial charge in [0.1, 0.15) is 6.04 Å². The highest BCUT2D eigenvalue weighted by Gasteiger charge is 2.29. The quantitative estimate of drug-likeness (QED) is 0.533. The van der Waals surface area contributed by atoms with E-state index in [1.807, 2.05) is 30.3 Å². The highest BCUT2D eigenvalue weighted by molar-refractivity contribution is 7.99. The lowest BCUT2D eigenvalue weighted by Gasteiger charge is -2.24. The molecule has 0 aliphatic carbocycles. The molecule has 0 spiro atoms. The second-order valence-electron chi connectivity index (χ2n) is 7.30. The molecule has 1 aliphatic rings. The van der Waals surface area contributed by atoms with E-state index in [0.717, 1.165) is 22.6 Å². The van der Waals surface area contributed by atoms with Gasteiger partial charge in [-0.1, -0.05) is 30.0 Å². The van der Waals surface area contributed by atoms with E-state index in [0.29, 0.717) is 13.0 Å². The van der Waals surface area contributed by atoms with Gasteiger partial charge in [0, 0.05) is 29.7 Å². The van der Waals surface area contributed by atoms with Crippen LogP contribution in [0.5, 0.6) is 0 Å². The van der Waals surface area contributed by atoms with Crippen LogP contribution in [0.2, 0.25) is 0 Å². The minimum Gasteiger partial charge on any atom is -0.350 e. The van der Waals surface area contributed by atoms with Crippen molar-refractivity contribution in [3.8, 4) is 0 Å². The molecular formula is C22H26N2O6S2. The maximum Gasteiger partial charge on any atom is 0.267 e. The van der Waals surface area contributed by atoms with Crippen LogP contribution >= 0.6 is 11.8 Å². The van der Waals surface area contributed by atoms with Crippen LogP contribution in [0, 0.1) is 0 Å². The maximum atomic E-state index is 12.9. The molecule has 1 heterocycles. The summed E-state index contributed by atoms with van der Waals surface area (Å²) in [6.45, 7) is 1.75. The Morgan fingerprint density at radius 3 is 2.41 bits per heavy atom. The molecule has 1 aliphatic heterocycles. The molecule has 2 unspecified atom stereocenters. The average molecular weight is 479 g/mol. The molecule has 10 heteroatoms. The second-order valence-corrected chi connectivity index (χ2v) is 10.5. The van der Waals surface area contributed by atoms with E-state index in [9.17, 15) is 18.0 Å². The topological polar surface area (TPSA) is 111 Å². The van der Waals surface area contributed by atoms with Gasteiger partial charge in [-0.25, -0.2) is 18.7 Å². The molecule has 2 N–H and O–H groups in total. The smallest absolute Gasteiger partial charge is 0.267 e. The van der Waals surface area contributed by atoms with E-state index < -0.39 is 39.7 Å². The minimum absolute atomic E-state index is 0.0644. The Labute approximate surface area is 191 Å². The van der Waals surface area contributed by atoms with E-state index in [4.69, 9.17) is 9.57 Å². The number of benzene rings is 2. The molecule has 0 aromatic heterocycles. The number of carbonyl (C=O) groups is 2. The summed E-state index contributed by atoms with van der Waals surface area (Å²) in [4.78, 5) is 31.3. The van der Waals surface area contributed by atoms with Crippen molar-refractivity contribution in [2.75, 3.05) is 12.4 Å². The van der Waals surface area contributed by atoms with Crippen LogP contribution < -0.4 is 10.8 Å². The predicted octanol–water partition coefficient (Wildman–Crippen LogP) is 2.69. The number of nitrogens with one attached hydrogen (secondary N) is 2. The fraction of sp³-hybridized carbons (Fsp3) is 0.364. The molecule has 1 saturated heterocycles. The SMILES string of the molecule is CC(=O)NC(CS(=O)(=O)c1ccc(Sc2ccccc2)cc1)C(=O)NOC1CCCCO1. The molecule has 2 atom stereocenters. The summed E-state index contributed by atoms with van der Waals surface area (Å²) in [6, 6.07) is 14.8. The third kappa shape index (κ3) is 7.33. The van der Waals surface area contributed by atoms with Crippen LogP contribution in [0.25, 0.3) is 0 Å². The minimum atomic E-state index is -3.85. The fourth-order valence-corrected chi connectivity index (χ4v) is 5.34. The number of sulfone groups is 1. The van der Waals surface area contributed by atoms with Gasteiger partial charge in [-0.2, -0.15) is 0 Å². The number of rotatable bonds is 9. The first-order valence-electron chi connectivity index (χ1n) is 10.2. The first-order valence-corrected chi connectivity index (χ1v) is 12.7. The van der Waals surface area contributed by atoms with Crippen LogP contribution in [0.4, 0.5) is 0 Å². The molecule has 2 amide bonds. The van der Waals surface area contributed by atoms with E-state index in [-0.39, 0.29) is 4.90 Å². The number of hydrogen-bond donors (Lipinski definition) is 2. The van der Waals surface area contributed by atoms with Crippen molar-refractivity contribution in [3.05, 3.63) is 54.6 Å². The van der Waals surface area contributed by atoms with E-state index in [1.165, 1.54) is 30.8 Å². The van der Waals surface area contributed by atoms with Gasteiger partial charge in [0.2, 0.25) is 5.91 Å². The summed E-state index contributed by atoms with van der Waals surface area (Å²) < 4.78 is 31.2. The van der Waals surface area contributed by atoms with Crippen LogP contribution in [0.15, 0.2) is 69.3 Å². The third-order valence-electron chi connectivity index (χ3n) is 4.67. The molecule has 0 saturated carbocycles. The molecule has 0 bridgehead atoms. The van der Waals surface area contributed by atoms with Crippen molar-refractivity contribution >= 4 is 33.4 Å². The first kappa shape index (κ1) is 24.2. The maximum absolute atomic E-state index is 12.9. The molecule has 3 rings (SSSR count). The zero-order valence-electron chi connectivity index (χ0n) is 17.7. The van der Waals surface area contributed by atoms with Gasteiger partial charge >= 0.3 is 0 Å². The Hall–Kier alpha value is -2.40. The molecule has 32 heavy (non-hydrogen) atoms.